The Balaban J connectivity index is 2.30. The van der Waals surface area contributed by atoms with Crippen LogP contribution in [0, 0.1) is 0 Å². The van der Waals surface area contributed by atoms with Gasteiger partial charge in [0.2, 0.25) is 0 Å². The highest BCUT2D eigenvalue weighted by Crippen LogP contribution is 2.23. The fourth-order valence-corrected chi connectivity index (χ4v) is 1.31. The average molecular weight is 180 g/mol. The van der Waals surface area contributed by atoms with E-state index >= 15 is 0 Å². The van der Waals surface area contributed by atoms with Crippen LogP contribution in [0.3, 0.4) is 0 Å². The van der Waals surface area contributed by atoms with Gasteiger partial charge in [-0.15, -0.1) is 0 Å². The minimum Gasteiger partial charge on any atom is -0.489 e. The zero-order chi connectivity index (χ0) is 9.26. The largest absolute Gasteiger partial charge is 0.489 e. The molecule has 70 valence electrons. The van der Waals surface area contributed by atoms with Crippen LogP contribution in [-0.4, -0.2) is 17.9 Å². The number of benzene rings is 1. The van der Waals surface area contributed by atoms with Crippen LogP contribution in [0.4, 0.5) is 5.69 Å². The molecule has 1 aromatic rings. The van der Waals surface area contributed by atoms with Crippen molar-refractivity contribution in [1.82, 2.24) is 5.32 Å². The zero-order valence-corrected chi connectivity index (χ0v) is 7.16. The van der Waals surface area contributed by atoms with Gasteiger partial charge < -0.3 is 15.6 Å². The fraction of sp³-hybridized carbons (Fsp3) is 0.333. The summed E-state index contributed by atoms with van der Waals surface area (Å²) in [5, 5.41) is 12.2. The highest BCUT2D eigenvalue weighted by atomic mass is 16.5. The van der Waals surface area contributed by atoms with Crippen molar-refractivity contribution in [3.8, 4) is 5.75 Å². The Hall–Kier alpha value is -1.26. The van der Waals surface area contributed by atoms with E-state index in [0.29, 0.717) is 12.2 Å². The van der Waals surface area contributed by atoms with Crippen molar-refractivity contribution >= 4 is 5.69 Å². The molecule has 1 unspecified atom stereocenters. The third kappa shape index (κ3) is 1.74. The van der Waals surface area contributed by atoms with Gasteiger partial charge >= 0.3 is 0 Å². The molecule has 0 aromatic heterocycles. The SMILES string of the molecule is Nc1ccc2c(c1)OCC(O)NC2. The average Bonchev–Trinajstić information content (AvgIpc) is 2.29. The molecule has 1 aliphatic rings. The summed E-state index contributed by atoms with van der Waals surface area (Å²) in [7, 11) is 0. The number of hydrogen-bond donors (Lipinski definition) is 3. The number of nitrogens with two attached hydrogens (primary N) is 1. The summed E-state index contributed by atoms with van der Waals surface area (Å²) >= 11 is 0. The van der Waals surface area contributed by atoms with Crippen molar-refractivity contribution in [3.05, 3.63) is 23.8 Å². The number of aliphatic hydroxyl groups is 1. The van der Waals surface area contributed by atoms with Gasteiger partial charge in [-0.1, -0.05) is 6.07 Å². The lowest BCUT2D eigenvalue weighted by atomic mass is 10.2. The summed E-state index contributed by atoms with van der Waals surface area (Å²) in [5.41, 5.74) is 7.30. The first kappa shape index (κ1) is 8.34. The Morgan fingerprint density at radius 2 is 2.38 bits per heavy atom. The highest BCUT2D eigenvalue weighted by Gasteiger charge is 2.13. The maximum absolute atomic E-state index is 9.26. The monoisotopic (exact) mass is 180 g/mol. The second-order valence-electron chi connectivity index (χ2n) is 3.07. The van der Waals surface area contributed by atoms with Crippen LogP contribution in [-0.2, 0) is 6.54 Å². The van der Waals surface area contributed by atoms with Crippen molar-refractivity contribution in [3.63, 3.8) is 0 Å². The molecule has 0 fully saturated rings. The molecule has 0 aliphatic carbocycles. The third-order valence-corrected chi connectivity index (χ3v) is 2.02. The minimum atomic E-state index is -0.603. The number of anilines is 1. The second kappa shape index (κ2) is 3.24. The molecule has 0 saturated carbocycles. The summed E-state index contributed by atoms with van der Waals surface area (Å²) in [6.45, 7) is 0.868. The summed E-state index contributed by atoms with van der Waals surface area (Å²) < 4.78 is 5.35. The van der Waals surface area contributed by atoms with Crippen LogP contribution in [0.15, 0.2) is 18.2 Å². The van der Waals surface area contributed by atoms with Gasteiger partial charge in [-0.3, -0.25) is 5.32 Å². The van der Waals surface area contributed by atoms with Gasteiger partial charge in [-0.05, 0) is 6.07 Å². The van der Waals surface area contributed by atoms with E-state index in [9.17, 15) is 5.11 Å². The number of nitrogens with one attached hydrogen (secondary N) is 1. The van der Waals surface area contributed by atoms with Crippen LogP contribution in [0.25, 0.3) is 0 Å². The molecule has 1 atom stereocenters. The molecular weight excluding hydrogens is 168 g/mol. The zero-order valence-electron chi connectivity index (χ0n) is 7.16. The van der Waals surface area contributed by atoms with Gasteiger partial charge in [0, 0.05) is 23.9 Å². The second-order valence-corrected chi connectivity index (χ2v) is 3.07. The molecule has 0 amide bonds. The van der Waals surface area contributed by atoms with E-state index in [4.69, 9.17) is 10.5 Å². The van der Waals surface area contributed by atoms with Crippen molar-refractivity contribution in [2.24, 2.45) is 0 Å². The van der Waals surface area contributed by atoms with Crippen LogP contribution >= 0.6 is 0 Å². The molecule has 1 heterocycles. The van der Waals surface area contributed by atoms with Crippen LogP contribution in [0.5, 0.6) is 5.75 Å². The number of hydrogen-bond acceptors (Lipinski definition) is 4. The standard InChI is InChI=1S/C9H12N2O2/c10-7-2-1-6-4-11-9(12)5-13-8(6)3-7/h1-3,9,11-12H,4-5,10H2. The third-order valence-electron chi connectivity index (χ3n) is 2.02. The molecule has 4 heteroatoms. The van der Waals surface area contributed by atoms with Crippen molar-refractivity contribution in [2.75, 3.05) is 12.3 Å². The van der Waals surface area contributed by atoms with Gasteiger partial charge in [-0.25, -0.2) is 0 Å². The van der Waals surface area contributed by atoms with E-state index in [1.165, 1.54) is 0 Å². The lowest BCUT2D eigenvalue weighted by molar-refractivity contribution is 0.0856. The molecule has 0 bridgehead atoms. The number of rotatable bonds is 0. The van der Waals surface area contributed by atoms with Gasteiger partial charge in [0.15, 0.2) is 0 Å². The topological polar surface area (TPSA) is 67.5 Å². The minimum absolute atomic E-state index is 0.260. The summed E-state index contributed by atoms with van der Waals surface area (Å²) in [6.07, 6.45) is -0.603. The van der Waals surface area contributed by atoms with Gasteiger partial charge in [-0.2, -0.15) is 0 Å². The maximum Gasteiger partial charge on any atom is 0.139 e. The normalized spacial score (nSPS) is 21.5. The van der Waals surface area contributed by atoms with Crippen molar-refractivity contribution in [2.45, 2.75) is 12.8 Å². The highest BCUT2D eigenvalue weighted by molar-refractivity contribution is 5.48. The van der Waals surface area contributed by atoms with Gasteiger partial charge in [0.25, 0.3) is 0 Å². The number of fused-ring (bicyclic) bond motifs is 1. The summed E-state index contributed by atoms with van der Waals surface area (Å²) in [4.78, 5) is 0. The number of aliphatic hydroxyl groups excluding tert-OH is 1. The molecule has 13 heavy (non-hydrogen) atoms. The van der Waals surface area contributed by atoms with Crippen LogP contribution in [0.2, 0.25) is 0 Å². The molecule has 2 rings (SSSR count). The lowest BCUT2D eigenvalue weighted by Crippen LogP contribution is -2.31. The van der Waals surface area contributed by atoms with Gasteiger partial charge in [0.1, 0.15) is 18.6 Å². The maximum atomic E-state index is 9.26. The molecule has 1 aliphatic heterocycles. The van der Waals surface area contributed by atoms with Crippen LogP contribution < -0.4 is 15.8 Å². The predicted octanol–water partition coefficient (Wildman–Crippen LogP) is 0.0692. The summed E-state index contributed by atoms with van der Waals surface area (Å²) in [5.74, 6) is 0.754. The number of nitrogen functional groups attached to an aromatic ring is 1. The van der Waals surface area contributed by atoms with Crippen LogP contribution in [0.1, 0.15) is 5.56 Å². The Labute approximate surface area is 76.3 Å². The Morgan fingerprint density at radius 1 is 1.54 bits per heavy atom. The first-order valence-electron chi connectivity index (χ1n) is 4.18. The molecule has 4 N–H and O–H groups in total. The van der Waals surface area contributed by atoms with E-state index in [-0.39, 0.29) is 6.61 Å². The van der Waals surface area contributed by atoms with E-state index in [1.54, 1.807) is 6.07 Å². The molecule has 0 saturated heterocycles. The predicted molar refractivity (Wildman–Crippen MR) is 49.2 cm³/mol. The first-order chi connectivity index (χ1) is 6.25. The summed E-state index contributed by atoms with van der Waals surface area (Å²) in [6, 6.07) is 5.49. The quantitative estimate of drug-likeness (QED) is 0.494. The number of ether oxygens (including phenoxy) is 1. The first-order valence-corrected chi connectivity index (χ1v) is 4.18. The smallest absolute Gasteiger partial charge is 0.139 e. The molecule has 0 spiro atoms. The molecule has 1 aromatic carbocycles. The van der Waals surface area contributed by atoms with Crippen molar-refractivity contribution < 1.29 is 9.84 Å². The Morgan fingerprint density at radius 3 is 3.23 bits per heavy atom. The Bertz CT molecular complexity index is 314. The fourth-order valence-electron chi connectivity index (χ4n) is 1.31. The molecule has 4 nitrogen and oxygen atoms in total. The van der Waals surface area contributed by atoms with E-state index < -0.39 is 6.23 Å². The van der Waals surface area contributed by atoms with E-state index in [1.807, 2.05) is 12.1 Å². The molecule has 0 radical (unpaired) electrons. The van der Waals surface area contributed by atoms with E-state index in [0.717, 1.165) is 11.3 Å². The molecular formula is C9H12N2O2. The lowest BCUT2D eigenvalue weighted by Gasteiger charge is -2.07. The van der Waals surface area contributed by atoms with Gasteiger partial charge in [0.05, 0.1) is 0 Å². The van der Waals surface area contributed by atoms with Crippen molar-refractivity contribution in [1.29, 1.82) is 0 Å². The Kier molecular flexibility index (Phi) is 2.08. The van der Waals surface area contributed by atoms with E-state index in [2.05, 4.69) is 5.32 Å².